The minimum atomic E-state index is -2.64. The standard InChI is InChI=1S/C20H18F4N2O/c1-3-16(21)17(22)10-14(12-27-2)15-5-4-8-25-19(15)9-13-6-7-18(20(23)24)26-11-13/h3-8,10-12,20H,9H2,1-2H3/b14-12-,16-3+,17-10+. The Balaban J connectivity index is 2.39. The van der Waals surface area contributed by atoms with Crippen LogP contribution in [0.15, 0.2) is 66.7 Å². The fourth-order valence-corrected chi connectivity index (χ4v) is 2.35. The average molecular weight is 378 g/mol. The molecule has 3 nitrogen and oxygen atoms in total. The fraction of sp³-hybridized carbons (Fsp3) is 0.200. The van der Waals surface area contributed by atoms with Crippen molar-refractivity contribution in [1.29, 1.82) is 0 Å². The molecule has 0 unspecified atom stereocenters. The van der Waals surface area contributed by atoms with Gasteiger partial charge in [-0.15, -0.1) is 0 Å². The van der Waals surface area contributed by atoms with E-state index in [4.69, 9.17) is 4.74 Å². The van der Waals surface area contributed by atoms with E-state index in [0.29, 0.717) is 16.8 Å². The van der Waals surface area contributed by atoms with Gasteiger partial charge in [0.05, 0.1) is 19.1 Å². The molecule has 0 aromatic carbocycles. The van der Waals surface area contributed by atoms with E-state index in [-0.39, 0.29) is 17.7 Å². The van der Waals surface area contributed by atoms with Crippen molar-refractivity contribution in [3.63, 3.8) is 0 Å². The van der Waals surface area contributed by atoms with Crippen LogP contribution in [0.1, 0.15) is 35.9 Å². The SMILES string of the molecule is C\C=C(F)/C(F)=C\C(=C\OC)c1cccnc1Cc1ccc(C(F)F)nc1. The number of allylic oxidation sites excluding steroid dienone is 5. The van der Waals surface area contributed by atoms with Crippen LogP contribution in [0, 0.1) is 0 Å². The minimum Gasteiger partial charge on any atom is -0.504 e. The van der Waals surface area contributed by atoms with Gasteiger partial charge < -0.3 is 4.74 Å². The number of pyridine rings is 2. The molecule has 27 heavy (non-hydrogen) atoms. The summed E-state index contributed by atoms with van der Waals surface area (Å²) >= 11 is 0. The summed E-state index contributed by atoms with van der Waals surface area (Å²) in [4.78, 5) is 8.00. The molecule has 0 N–H and O–H groups in total. The maximum Gasteiger partial charge on any atom is 0.280 e. The second kappa shape index (κ2) is 9.66. The van der Waals surface area contributed by atoms with Gasteiger partial charge in [-0.2, -0.15) is 0 Å². The van der Waals surface area contributed by atoms with E-state index in [0.717, 1.165) is 12.2 Å². The lowest BCUT2D eigenvalue weighted by molar-refractivity contribution is 0.146. The second-order valence-corrected chi connectivity index (χ2v) is 5.50. The number of halogens is 4. The molecule has 142 valence electrons. The molecule has 0 saturated heterocycles. The molecular weight excluding hydrogens is 360 g/mol. The molecule has 0 saturated carbocycles. The van der Waals surface area contributed by atoms with Gasteiger partial charge in [0.1, 0.15) is 5.69 Å². The van der Waals surface area contributed by atoms with E-state index in [1.807, 2.05) is 0 Å². The Morgan fingerprint density at radius 2 is 1.93 bits per heavy atom. The Morgan fingerprint density at radius 1 is 1.15 bits per heavy atom. The van der Waals surface area contributed by atoms with Gasteiger partial charge in [-0.25, -0.2) is 17.6 Å². The van der Waals surface area contributed by atoms with Gasteiger partial charge in [0.25, 0.3) is 6.43 Å². The summed E-state index contributed by atoms with van der Waals surface area (Å²) in [7, 11) is 1.39. The topological polar surface area (TPSA) is 35.0 Å². The summed E-state index contributed by atoms with van der Waals surface area (Å²) in [5.41, 5.74) is 1.69. The largest absolute Gasteiger partial charge is 0.504 e. The highest BCUT2D eigenvalue weighted by Crippen LogP contribution is 2.26. The fourth-order valence-electron chi connectivity index (χ4n) is 2.35. The number of methoxy groups -OCH3 is 1. The molecule has 2 rings (SSSR count). The summed E-state index contributed by atoms with van der Waals surface area (Å²) in [6.07, 6.45) is 3.83. The van der Waals surface area contributed by atoms with Crippen molar-refractivity contribution in [2.24, 2.45) is 0 Å². The summed E-state index contributed by atoms with van der Waals surface area (Å²) < 4.78 is 57.6. The zero-order valence-corrected chi connectivity index (χ0v) is 14.8. The normalized spacial score (nSPS) is 13.2. The molecule has 2 heterocycles. The number of nitrogens with zero attached hydrogens (tertiary/aromatic N) is 2. The van der Waals surface area contributed by atoms with Crippen LogP contribution in [0.3, 0.4) is 0 Å². The third-order valence-corrected chi connectivity index (χ3v) is 3.65. The molecule has 0 amide bonds. The van der Waals surface area contributed by atoms with E-state index in [1.165, 1.54) is 38.6 Å². The zero-order chi connectivity index (χ0) is 19.8. The molecular formula is C20H18F4N2O. The summed E-state index contributed by atoms with van der Waals surface area (Å²) in [6, 6.07) is 6.11. The number of hydrogen-bond donors (Lipinski definition) is 0. The first-order valence-corrected chi connectivity index (χ1v) is 8.05. The summed E-state index contributed by atoms with van der Waals surface area (Å²) in [5.74, 6) is -2.03. The van der Waals surface area contributed by atoms with Crippen LogP contribution in [-0.4, -0.2) is 17.1 Å². The lowest BCUT2D eigenvalue weighted by atomic mass is 10.00. The van der Waals surface area contributed by atoms with Crippen molar-refractivity contribution in [1.82, 2.24) is 9.97 Å². The maximum absolute atomic E-state index is 14.0. The van der Waals surface area contributed by atoms with Crippen LogP contribution in [0.2, 0.25) is 0 Å². The van der Waals surface area contributed by atoms with Gasteiger partial charge in [0, 0.05) is 30.0 Å². The zero-order valence-electron chi connectivity index (χ0n) is 14.8. The van der Waals surface area contributed by atoms with Crippen molar-refractivity contribution in [3.05, 3.63) is 89.2 Å². The highest BCUT2D eigenvalue weighted by atomic mass is 19.3. The van der Waals surface area contributed by atoms with Crippen LogP contribution in [0.5, 0.6) is 0 Å². The van der Waals surface area contributed by atoms with E-state index >= 15 is 0 Å². The van der Waals surface area contributed by atoms with Gasteiger partial charge in [-0.05, 0) is 36.8 Å². The number of rotatable bonds is 7. The molecule has 0 aliphatic heterocycles. The van der Waals surface area contributed by atoms with Crippen molar-refractivity contribution < 1.29 is 22.3 Å². The molecule has 7 heteroatoms. The minimum absolute atomic E-state index is 0.273. The first kappa shape index (κ1) is 20.4. The molecule has 0 aliphatic rings. The van der Waals surface area contributed by atoms with Crippen molar-refractivity contribution in [2.75, 3.05) is 7.11 Å². The monoisotopic (exact) mass is 378 g/mol. The van der Waals surface area contributed by atoms with Crippen molar-refractivity contribution in [3.8, 4) is 0 Å². The smallest absolute Gasteiger partial charge is 0.280 e. The van der Waals surface area contributed by atoms with E-state index < -0.39 is 18.1 Å². The Labute approximate surface area is 154 Å². The lowest BCUT2D eigenvalue weighted by Gasteiger charge is -2.10. The molecule has 0 fully saturated rings. The Kier molecular flexibility index (Phi) is 7.28. The molecule has 0 atom stereocenters. The molecule has 0 aliphatic carbocycles. The van der Waals surface area contributed by atoms with Crippen molar-refractivity contribution in [2.45, 2.75) is 19.8 Å². The Bertz CT molecular complexity index is 859. The Hall–Kier alpha value is -2.96. The van der Waals surface area contributed by atoms with Crippen LogP contribution >= 0.6 is 0 Å². The Morgan fingerprint density at radius 3 is 2.52 bits per heavy atom. The van der Waals surface area contributed by atoms with Crippen LogP contribution in [0.25, 0.3) is 5.57 Å². The summed E-state index contributed by atoms with van der Waals surface area (Å²) in [6.45, 7) is 1.38. The van der Waals surface area contributed by atoms with Crippen molar-refractivity contribution >= 4 is 5.57 Å². The van der Waals surface area contributed by atoms with Gasteiger partial charge >= 0.3 is 0 Å². The van der Waals surface area contributed by atoms with E-state index in [1.54, 1.807) is 18.3 Å². The molecule has 2 aromatic heterocycles. The summed E-state index contributed by atoms with van der Waals surface area (Å²) in [5, 5.41) is 0. The van der Waals surface area contributed by atoms with E-state index in [2.05, 4.69) is 9.97 Å². The van der Waals surface area contributed by atoms with Gasteiger partial charge in [0.2, 0.25) is 0 Å². The third-order valence-electron chi connectivity index (χ3n) is 3.65. The maximum atomic E-state index is 14.0. The first-order chi connectivity index (χ1) is 13.0. The van der Waals surface area contributed by atoms with Crippen LogP contribution in [0.4, 0.5) is 17.6 Å². The molecule has 0 spiro atoms. The van der Waals surface area contributed by atoms with Gasteiger partial charge in [-0.3, -0.25) is 9.97 Å². The highest BCUT2D eigenvalue weighted by Gasteiger charge is 2.13. The third kappa shape index (κ3) is 5.51. The van der Waals surface area contributed by atoms with Gasteiger partial charge in [0.15, 0.2) is 11.7 Å². The number of aromatic nitrogens is 2. The highest BCUT2D eigenvalue weighted by molar-refractivity contribution is 5.75. The molecule has 0 radical (unpaired) electrons. The quantitative estimate of drug-likeness (QED) is 0.351. The first-order valence-electron chi connectivity index (χ1n) is 8.05. The lowest BCUT2D eigenvalue weighted by Crippen LogP contribution is -2.00. The molecule has 2 aromatic rings. The van der Waals surface area contributed by atoms with Crippen LogP contribution < -0.4 is 0 Å². The number of alkyl halides is 2. The number of ether oxygens (including phenoxy) is 1. The predicted octanol–water partition coefficient (Wildman–Crippen LogP) is 5.72. The van der Waals surface area contributed by atoms with Gasteiger partial charge in [-0.1, -0.05) is 12.1 Å². The molecule has 0 bridgehead atoms. The number of hydrogen-bond acceptors (Lipinski definition) is 3. The average Bonchev–Trinajstić information content (AvgIpc) is 2.67. The van der Waals surface area contributed by atoms with E-state index in [9.17, 15) is 17.6 Å². The second-order valence-electron chi connectivity index (χ2n) is 5.50. The predicted molar refractivity (Wildman–Crippen MR) is 95.3 cm³/mol. The van der Waals surface area contributed by atoms with Crippen LogP contribution in [-0.2, 0) is 11.2 Å².